The number of benzene rings is 3. The summed E-state index contributed by atoms with van der Waals surface area (Å²) in [5.41, 5.74) is 2.53. The number of aromatic nitrogens is 4. The number of aromatic amines is 1. The number of fused-ring (bicyclic) bond motifs is 1. The largest absolute Gasteiger partial charge is 0.481 e. The summed E-state index contributed by atoms with van der Waals surface area (Å²) in [6, 6.07) is 16.8. The topological polar surface area (TPSA) is 127 Å². The van der Waals surface area contributed by atoms with Gasteiger partial charge in [-0.2, -0.15) is 5.10 Å². The maximum atomic E-state index is 15.0. The van der Waals surface area contributed by atoms with Crippen LogP contribution in [0, 0.1) is 5.82 Å². The minimum absolute atomic E-state index is 0.218. The smallest absolute Gasteiger partial charge is 0.310 e. The van der Waals surface area contributed by atoms with Gasteiger partial charge in [-0.3, -0.25) is 9.48 Å². The Morgan fingerprint density at radius 2 is 1.92 bits per heavy atom. The number of nitrogens with one attached hydrogen (secondary N) is 1. The van der Waals surface area contributed by atoms with E-state index in [2.05, 4.69) is 15.1 Å². The molecule has 0 amide bonds. The van der Waals surface area contributed by atoms with E-state index >= 15 is 4.39 Å². The van der Waals surface area contributed by atoms with Gasteiger partial charge in [0.15, 0.2) is 27.2 Å². The molecule has 39 heavy (non-hydrogen) atoms. The van der Waals surface area contributed by atoms with E-state index in [9.17, 15) is 18.3 Å². The average molecular weight is 549 g/mol. The van der Waals surface area contributed by atoms with Gasteiger partial charge < -0.3 is 14.8 Å². The Kier molecular flexibility index (Phi) is 6.69. The molecule has 0 saturated heterocycles. The molecule has 0 aliphatic heterocycles. The fourth-order valence-corrected chi connectivity index (χ4v) is 5.45. The summed E-state index contributed by atoms with van der Waals surface area (Å²) in [6.45, 7) is 1.64. The van der Waals surface area contributed by atoms with Crippen LogP contribution in [-0.4, -0.2) is 45.5 Å². The molecule has 9 nitrogen and oxygen atoms in total. The Bertz CT molecular complexity index is 1830. The zero-order chi connectivity index (χ0) is 27.9. The van der Waals surface area contributed by atoms with Crippen LogP contribution in [-0.2, 0) is 28.1 Å². The summed E-state index contributed by atoms with van der Waals surface area (Å²) >= 11 is 0. The molecule has 200 valence electrons. The Balaban J connectivity index is 1.45. The van der Waals surface area contributed by atoms with Crippen LogP contribution in [0.3, 0.4) is 0 Å². The number of hydrogen-bond acceptors (Lipinski definition) is 6. The van der Waals surface area contributed by atoms with E-state index in [4.69, 9.17) is 4.74 Å². The third-order valence-corrected chi connectivity index (χ3v) is 7.58. The van der Waals surface area contributed by atoms with Gasteiger partial charge in [-0.15, -0.1) is 0 Å². The zero-order valence-electron chi connectivity index (χ0n) is 21.3. The predicted octanol–water partition coefficient (Wildman–Crippen LogP) is 5.08. The van der Waals surface area contributed by atoms with E-state index in [0.717, 1.165) is 11.8 Å². The molecule has 0 fully saturated rings. The van der Waals surface area contributed by atoms with Gasteiger partial charge in [0.05, 0.1) is 5.92 Å². The second-order valence-electron chi connectivity index (χ2n) is 9.31. The third kappa shape index (κ3) is 5.26. The first-order chi connectivity index (χ1) is 18.5. The van der Waals surface area contributed by atoms with Crippen molar-refractivity contribution in [1.82, 2.24) is 19.7 Å². The molecular weight excluding hydrogens is 523 g/mol. The van der Waals surface area contributed by atoms with E-state index in [1.54, 1.807) is 55.1 Å². The van der Waals surface area contributed by atoms with E-state index < -0.39 is 27.5 Å². The lowest BCUT2D eigenvalue weighted by molar-refractivity contribution is -0.138. The number of aryl methyl sites for hydroxylation is 1. The molecule has 11 heteroatoms. The van der Waals surface area contributed by atoms with E-state index in [1.165, 1.54) is 12.3 Å². The summed E-state index contributed by atoms with van der Waals surface area (Å²) in [5.74, 6) is -1.45. The maximum absolute atomic E-state index is 15.0. The molecule has 0 aliphatic carbocycles. The lowest BCUT2D eigenvalue weighted by Gasteiger charge is -2.13. The van der Waals surface area contributed by atoms with Crippen molar-refractivity contribution in [1.29, 1.82) is 0 Å². The minimum Gasteiger partial charge on any atom is -0.481 e. The quantitative estimate of drug-likeness (QED) is 0.277. The van der Waals surface area contributed by atoms with Crippen molar-refractivity contribution in [2.45, 2.75) is 24.2 Å². The lowest BCUT2D eigenvalue weighted by atomic mass is 9.98. The third-order valence-electron chi connectivity index (χ3n) is 6.44. The molecule has 2 aromatic heterocycles. The van der Waals surface area contributed by atoms with Gasteiger partial charge in [-0.05, 0) is 36.2 Å². The van der Waals surface area contributed by atoms with E-state index in [0.29, 0.717) is 40.1 Å². The molecule has 0 saturated carbocycles. The number of carboxylic acid groups (broad SMARTS) is 1. The molecule has 0 bridgehead atoms. The van der Waals surface area contributed by atoms with Crippen molar-refractivity contribution >= 4 is 26.7 Å². The highest BCUT2D eigenvalue weighted by atomic mass is 32.2. The number of ether oxygens (including phenoxy) is 1. The number of sulfone groups is 1. The first-order valence-corrected chi connectivity index (χ1v) is 13.9. The Hall–Kier alpha value is -4.51. The van der Waals surface area contributed by atoms with Gasteiger partial charge in [0.1, 0.15) is 16.5 Å². The number of H-pyrrole nitrogens is 1. The Morgan fingerprint density at radius 1 is 1.15 bits per heavy atom. The second kappa shape index (κ2) is 9.99. The highest BCUT2D eigenvalue weighted by Crippen LogP contribution is 2.38. The molecule has 5 aromatic rings. The maximum Gasteiger partial charge on any atom is 0.310 e. The molecule has 3 aromatic carbocycles. The summed E-state index contributed by atoms with van der Waals surface area (Å²) in [4.78, 5) is 18.6. The monoisotopic (exact) mass is 548 g/mol. The van der Waals surface area contributed by atoms with Crippen LogP contribution >= 0.6 is 0 Å². The number of aliphatic carboxylic acids is 1. The number of carbonyl (C=O) groups is 1. The van der Waals surface area contributed by atoms with Crippen LogP contribution < -0.4 is 4.74 Å². The summed E-state index contributed by atoms with van der Waals surface area (Å²) in [7, 11) is -2.07. The van der Waals surface area contributed by atoms with Crippen molar-refractivity contribution in [3.05, 3.63) is 89.6 Å². The van der Waals surface area contributed by atoms with Crippen LogP contribution in [0.1, 0.15) is 29.8 Å². The first kappa shape index (κ1) is 26.1. The Morgan fingerprint density at radius 3 is 2.67 bits per heavy atom. The number of halogens is 1. The lowest BCUT2D eigenvalue weighted by Crippen LogP contribution is -2.08. The van der Waals surface area contributed by atoms with Gasteiger partial charge in [-0.1, -0.05) is 36.4 Å². The highest BCUT2D eigenvalue weighted by molar-refractivity contribution is 7.91. The number of nitrogens with zero attached hydrogens (tertiary/aromatic N) is 3. The van der Waals surface area contributed by atoms with Crippen LogP contribution in [0.2, 0.25) is 0 Å². The van der Waals surface area contributed by atoms with Crippen LogP contribution in [0.5, 0.6) is 11.5 Å². The predicted molar refractivity (Wildman–Crippen MR) is 143 cm³/mol. The van der Waals surface area contributed by atoms with Crippen LogP contribution in [0.15, 0.2) is 71.8 Å². The van der Waals surface area contributed by atoms with Gasteiger partial charge in [0.2, 0.25) is 0 Å². The molecule has 5 rings (SSSR count). The molecule has 0 spiro atoms. The van der Waals surface area contributed by atoms with Crippen molar-refractivity contribution in [3.8, 4) is 22.9 Å². The van der Waals surface area contributed by atoms with Crippen molar-refractivity contribution in [3.63, 3.8) is 0 Å². The van der Waals surface area contributed by atoms with Crippen LogP contribution in [0.4, 0.5) is 4.39 Å². The number of rotatable bonds is 8. The van der Waals surface area contributed by atoms with Gasteiger partial charge >= 0.3 is 5.97 Å². The van der Waals surface area contributed by atoms with Crippen molar-refractivity contribution in [2.75, 3.05) is 6.26 Å². The van der Waals surface area contributed by atoms with Gasteiger partial charge in [-0.25, -0.2) is 17.8 Å². The molecule has 2 N–H and O–H groups in total. The van der Waals surface area contributed by atoms with Crippen molar-refractivity contribution in [2.24, 2.45) is 7.05 Å². The molecule has 1 unspecified atom stereocenters. The number of hydrogen-bond donors (Lipinski definition) is 2. The molecule has 1 atom stereocenters. The normalized spacial score (nSPS) is 12.5. The first-order valence-electron chi connectivity index (χ1n) is 12.0. The molecule has 2 heterocycles. The molecule has 0 radical (unpaired) electrons. The zero-order valence-corrected chi connectivity index (χ0v) is 22.2. The molecular formula is C28H25FN4O5S. The Labute approximate surface area is 223 Å². The SMILES string of the molecule is CC(C(=O)O)c1cccc(Cc2nc(-c3cccc(Oc4c(F)cc5[nH]ccc5c4S(C)(=O)=O)c3)nn2C)c1. The summed E-state index contributed by atoms with van der Waals surface area (Å²) in [6.07, 6.45) is 2.98. The second-order valence-corrected chi connectivity index (χ2v) is 11.3. The van der Waals surface area contributed by atoms with Crippen LogP contribution in [0.25, 0.3) is 22.3 Å². The summed E-state index contributed by atoms with van der Waals surface area (Å²) < 4.78 is 47.6. The number of carboxylic acids is 1. The fourth-order valence-electron chi connectivity index (χ4n) is 4.39. The van der Waals surface area contributed by atoms with Gasteiger partial charge in [0, 0.05) is 48.5 Å². The van der Waals surface area contributed by atoms with E-state index in [1.807, 2.05) is 18.2 Å². The molecule has 0 aliphatic rings. The summed E-state index contributed by atoms with van der Waals surface area (Å²) in [5, 5.41) is 14.2. The van der Waals surface area contributed by atoms with Gasteiger partial charge in [0.25, 0.3) is 0 Å². The fraction of sp³-hybridized carbons (Fsp3) is 0.179. The minimum atomic E-state index is -3.83. The highest BCUT2D eigenvalue weighted by Gasteiger charge is 2.24. The van der Waals surface area contributed by atoms with Crippen molar-refractivity contribution < 1.29 is 27.4 Å². The average Bonchev–Trinajstić information content (AvgIpc) is 3.49. The van der Waals surface area contributed by atoms with E-state index in [-0.39, 0.29) is 16.4 Å². The standard InChI is InChI=1S/C28H25FN4O5S/c1-16(28(34)35)18-7-4-6-17(12-18)13-24-31-27(32-33(24)2)19-8-5-9-20(14-19)38-25-22(29)15-23-21(10-11-30-23)26(25)39(3,36)37/h4-12,14-16,30H,13H2,1-3H3,(H,34,35).